The van der Waals surface area contributed by atoms with Crippen molar-refractivity contribution in [1.29, 1.82) is 0 Å². The summed E-state index contributed by atoms with van der Waals surface area (Å²) in [5, 5.41) is 3.50. The third kappa shape index (κ3) is 1.49. The van der Waals surface area contributed by atoms with Gasteiger partial charge in [-0.15, -0.1) is 0 Å². The lowest BCUT2D eigenvalue weighted by Crippen LogP contribution is -2.62. The van der Waals surface area contributed by atoms with Gasteiger partial charge >= 0.3 is 0 Å². The third-order valence-electron chi connectivity index (χ3n) is 4.55. The van der Waals surface area contributed by atoms with Crippen LogP contribution in [-0.2, 0) is 0 Å². The van der Waals surface area contributed by atoms with Crippen molar-refractivity contribution >= 4 is 0 Å². The molecule has 3 rings (SSSR count). The van der Waals surface area contributed by atoms with Gasteiger partial charge in [0.2, 0.25) is 0 Å². The first-order valence-electron chi connectivity index (χ1n) is 6.33. The molecule has 2 heterocycles. The van der Waals surface area contributed by atoms with Crippen LogP contribution in [0.5, 0.6) is 0 Å². The second-order valence-electron chi connectivity index (χ2n) is 5.59. The molecule has 3 fully saturated rings. The van der Waals surface area contributed by atoms with Gasteiger partial charge in [0.1, 0.15) is 0 Å². The Labute approximate surface area is 87.0 Å². The van der Waals surface area contributed by atoms with Crippen molar-refractivity contribution in [2.24, 2.45) is 5.41 Å². The van der Waals surface area contributed by atoms with Gasteiger partial charge in [0.05, 0.1) is 0 Å². The van der Waals surface area contributed by atoms with Crippen molar-refractivity contribution in [3.05, 3.63) is 0 Å². The molecule has 1 saturated carbocycles. The number of nitrogens with one attached hydrogen (secondary N) is 1. The minimum Gasteiger partial charge on any atom is -0.317 e. The van der Waals surface area contributed by atoms with Gasteiger partial charge < -0.3 is 5.32 Å². The van der Waals surface area contributed by atoms with Crippen LogP contribution < -0.4 is 5.32 Å². The summed E-state index contributed by atoms with van der Waals surface area (Å²) in [5.41, 5.74) is 0.819. The van der Waals surface area contributed by atoms with Gasteiger partial charge in [-0.2, -0.15) is 0 Å². The van der Waals surface area contributed by atoms with Crippen LogP contribution in [0.3, 0.4) is 0 Å². The Balaban J connectivity index is 1.51. The molecule has 1 unspecified atom stereocenters. The molecule has 1 atom stereocenters. The van der Waals surface area contributed by atoms with Crippen LogP contribution in [0.4, 0.5) is 0 Å². The molecule has 2 heteroatoms. The molecule has 0 bridgehead atoms. The zero-order chi connectivity index (χ0) is 9.43. The quantitative estimate of drug-likeness (QED) is 0.682. The lowest BCUT2D eigenvalue weighted by molar-refractivity contribution is -0.0849. The molecule has 2 nitrogen and oxygen atoms in total. The lowest BCUT2D eigenvalue weighted by atomic mass is 9.63. The minimum absolute atomic E-state index is 0.819. The molecule has 0 aromatic heterocycles. The van der Waals surface area contributed by atoms with E-state index in [-0.39, 0.29) is 0 Å². The van der Waals surface area contributed by atoms with E-state index in [1.807, 2.05) is 0 Å². The zero-order valence-corrected chi connectivity index (χ0v) is 9.10. The highest BCUT2D eigenvalue weighted by Crippen LogP contribution is 2.49. The number of rotatable bonds is 1. The molecule has 14 heavy (non-hydrogen) atoms. The van der Waals surface area contributed by atoms with E-state index in [1.54, 1.807) is 0 Å². The highest BCUT2D eigenvalue weighted by Gasteiger charge is 2.48. The van der Waals surface area contributed by atoms with E-state index in [4.69, 9.17) is 0 Å². The Morgan fingerprint density at radius 3 is 2.57 bits per heavy atom. The average molecular weight is 194 g/mol. The highest BCUT2D eigenvalue weighted by molar-refractivity contribution is 5.02. The van der Waals surface area contributed by atoms with Crippen LogP contribution in [-0.4, -0.2) is 37.1 Å². The first kappa shape index (κ1) is 9.17. The number of hydrogen-bond donors (Lipinski definition) is 1. The Kier molecular flexibility index (Phi) is 2.29. The second kappa shape index (κ2) is 3.49. The Morgan fingerprint density at radius 1 is 1.00 bits per heavy atom. The molecule has 0 aromatic rings. The number of likely N-dealkylation sites (tertiary alicyclic amines) is 1. The van der Waals surface area contributed by atoms with Crippen molar-refractivity contribution in [3.8, 4) is 0 Å². The first-order chi connectivity index (χ1) is 6.88. The largest absolute Gasteiger partial charge is 0.317 e. The molecule has 0 amide bonds. The zero-order valence-electron chi connectivity index (χ0n) is 9.10. The van der Waals surface area contributed by atoms with E-state index in [2.05, 4.69) is 10.2 Å². The van der Waals surface area contributed by atoms with E-state index < -0.39 is 0 Å². The standard InChI is InChI=1S/C12H22N2/c1-3-11(4-8-13-7-1)14-9-12(10-14)5-2-6-12/h11,13H,1-10H2. The summed E-state index contributed by atoms with van der Waals surface area (Å²) in [6, 6.07) is 0.913. The Hall–Kier alpha value is -0.0800. The monoisotopic (exact) mass is 194 g/mol. The third-order valence-corrected chi connectivity index (χ3v) is 4.55. The minimum atomic E-state index is 0.819. The maximum Gasteiger partial charge on any atom is 0.0108 e. The molecule has 0 radical (unpaired) electrons. The molecule has 1 aliphatic carbocycles. The van der Waals surface area contributed by atoms with Crippen LogP contribution in [0.1, 0.15) is 38.5 Å². The van der Waals surface area contributed by atoms with Crippen molar-refractivity contribution in [2.75, 3.05) is 26.2 Å². The van der Waals surface area contributed by atoms with Gasteiger partial charge in [-0.3, -0.25) is 4.90 Å². The molecular formula is C12H22N2. The summed E-state index contributed by atoms with van der Waals surface area (Å²) >= 11 is 0. The molecule has 0 aromatic carbocycles. The summed E-state index contributed by atoms with van der Waals surface area (Å²) in [4.78, 5) is 2.76. The van der Waals surface area contributed by atoms with Crippen LogP contribution in [0.2, 0.25) is 0 Å². The van der Waals surface area contributed by atoms with E-state index >= 15 is 0 Å². The maximum atomic E-state index is 3.50. The normalized spacial score (nSPS) is 37.3. The van der Waals surface area contributed by atoms with Gasteiger partial charge in [-0.1, -0.05) is 6.42 Å². The fourth-order valence-electron chi connectivity index (χ4n) is 3.43. The summed E-state index contributed by atoms with van der Waals surface area (Å²) in [7, 11) is 0. The fourth-order valence-corrected chi connectivity index (χ4v) is 3.43. The molecular weight excluding hydrogens is 172 g/mol. The molecule has 80 valence electrons. The number of nitrogens with zero attached hydrogens (tertiary/aromatic N) is 1. The van der Waals surface area contributed by atoms with Crippen molar-refractivity contribution in [3.63, 3.8) is 0 Å². The van der Waals surface area contributed by atoms with E-state index in [9.17, 15) is 0 Å². The maximum absolute atomic E-state index is 3.50. The van der Waals surface area contributed by atoms with Gasteiger partial charge in [0.15, 0.2) is 0 Å². The Morgan fingerprint density at radius 2 is 1.86 bits per heavy atom. The molecule has 1 N–H and O–H groups in total. The predicted molar refractivity (Wildman–Crippen MR) is 58.4 cm³/mol. The van der Waals surface area contributed by atoms with Crippen LogP contribution in [0, 0.1) is 5.41 Å². The number of hydrogen-bond acceptors (Lipinski definition) is 2. The summed E-state index contributed by atoms with van der Waals surface area (Å²) in [6.07, 6.45) is 8.75. The molecule has 2 aliphatic heterocycles. The van der Waals surface area contributed by atoms with Gasteiger partial charge in [-0.05, 0) is 50.6 Å². The van der Waals surface area contributed by atoms with Gasteiger partial charge in [-0.25, -0.2) is 0 Å². The van der Waals surface area contributed by atoms with Gasteiger partial charge in [0, 0.05) is 19.1 Å². The van der Waals surface area contributed by atoms with E-state index in [1.165, 1.54) is 64.7 Å². The van der Waals surface area contributed by atoms with E-state index in [0.717, 1.165) is 11.5 Å². The van der Waals surface area contributed by atoms with Gasteiger partial charge in [0.25, 0.3) is 0 Å². The van der Waals surface area contributed by atoms with Crippen molar-refractivity contribution < 1.29 is 0 Å². The SMILES string of the molecule is C1CNCCC(N2CC3(CCC3)C2)C1. The van der Waals surface area contributed by atoms with Crippen molar-refractivity contribution in [1.82, 2.24) is 10.2 Å². The summed E-state index contributed by atoms with van der Waals surface area (Å²) in [6.45, 7) is 5.35. The predicted octanol–water partition coefficient (Wildman–Crippen LogP) is 1.61. The van der Waals surface area contributed by atoms with Crippen LogP contribution in [0.25, 0.3) is 0 Å². The van der Waals surface area contributed by atoms with Crippen LogP contribution in [0.15, 0.2) is 0 Å². The second-order valence-corrected chi connectivity index (χ2v) is 5.59. The van der Waals surface area contributed by atoms with Crippen molar-refractivity contribution in [2.45, 2.75) is 44.6 Å². The summed E-state index contributed by atoms with van der Waals surface area (Å²) < 4.78 is 0. The average Bonchev–Trinajstić information content (AvgIpc) is 2.27. The Bertz CT molecular complexity index is 194. The molecule has 2 saturated heterocycles. The topological polar surface area (TPSA) is 15.3 Å². The summed E-state index contributed by atoms with van der Waals surface area (Å²) in [5.74, 6) is 0. The van der Waals surface area contributed by atoms with E-state index in [0.29, 0.717) is 0 Å². The highest BCUT2D eigenvalue weighted by atomic mass is 15.2. The first-order valence-corrected chi connectivity index (χ1v) is 6.33. The van der Waals surface area contributed by atoms with Crippen LogP contribution >= 0.6 is 0 Å². The molecule has 3 aliphatic rings. The fraction of sp³-hybridized carbons (Fsp3) is 1.00. The smallest absolute Gasteiger partial charge is 0.0108 e. The molecule has 1 spiro atoms. The lowest BCUT2D eigenvalue weighted by Gasteiger charge is -2.58.